The molecule has 0 aliphatic carbocycles. The maximum Gasteiger partial charge on any atom is 0.321 e. The average molecular weight is 344 g/mol. The Morgan fingerprint density at radius 3 is 2.41 bits per heavy atom. The van der Waals surface area contributed by atoms with Crippen molar-refractivity contribution in [3.8, 4) is 0 Å². The molecule has 0 saturated carbocycles. The largest absolute Gasteiger partial charge is 0.324 e. The highest BCUT2D eigenvalue weighted by Crippen LogP contribution is 2.39. The van der Waals surface area contributed by atoms with Gasteiger partial charge < -0.3 is 15.5 Å². The number of para-hydroxylation sites is 1. The lowest BCUT2D eigenvalue weighted by molar-refractivity contribution is 0.0915. The number of carbonyl (C=O) groups is 1. The lowest BCUT2D eigenvalue weighted by atomic mass is 9.72. The molecule has 0 radical (unpaired) electrons. The molecule has 2 fully saturated rings. The molecule has 1 aromatic rings. The number of amides is 2. The maximum absolute atomic E-state index is 12.3. The van der Waals surface area contributed by atoms with E-state index >= 15 is 0 Å². The van der Waals surface area contributed by atoms with Gasteiger partial charge in [0.25, 0.3) is 0 Å². The van der Waals surface area contributed by atoms with Crippen molar-refractivity contribution in [2.24, 2.45) is 5.41 Å². The molecule has 3 rings (SSSR count). The Morgan fingerprint density at radius 1 is 1.14 bits per heavy atom. The first-order valence-electron chi connectivity index (χ1n) is 7.70. The number of anilines is 1. The van der Waals surface area contributed by atoms with Crippen LogP contribution < -0.4 is 10.6 Å². The van der Waals surface area contributed by atoms with E-state index in [1.165, 1.54) is 12.8 Å². The Bertz CT molecular complexity index is 508. The Balaban J connectivity index is 0.00000176. The van der Waals surface area contributed by atoms with E-state index in [1.54, 1.807) is 6.07 Å². The molecule has 1 aromatic carbocycles. The highest BCUT2D eigenvalue weighted by atomic mass is 35.5. The van der Waals surface area contributed by atoms with E-state index in [0.717, 1.165) is 39.0 Å². The quantitative estimate of drug-likeness (QED) is 0.815. The van der Waals surface area contributed by atoms with E-state index in [0.29, 0.717) is 16.1 Å². The summed E-state index contributed by atoms with van der Waals surface area (Å²) in [4.78, 5) is 14.2. The molecule has 1 spiro atoms. The molecule has 2 aliphatic heterocycles. The van der Waals surface area contributed by atoms with Gasteiger partial charge in [-0.05, 0) is 56.3 Å². The summed E-state index contributed by atoms with van der Waals surface area (Å²) in [6, 6.07) is 7.32. The predicted octanol–water partition coefficient (Wildman–Crippen LogP) is 3.76. The van der Waals surface area contributed by atoms with Crippen LogP contribution in [0.25, 0.3) is 0 Å². The SMILES string of the molecule is Cl.O=C(Nc1ccccc1Cl)N1CCC2(CCNCC2)CC1. The van der Waals surface area contributed by atoms with Crippen LogP contribution in [0.3, 0.4) is 0 Å². The number of likely N-dealkylation sites (tertiary alicyclic amines) is 1. The fourth-order valence-electron chi connectivity index (χ4n) is 3.40. The lowest BCUT2D eigenvalue weighted by Crippen LogP contribution is -2.48. The number of benzene rings is 1. The summed E-state index contributed by atoms with van der Waals surface area (Å²) in [5.74, 6) is 0. The molecule has 2 saturated heterocycles. The van der Waals surface area contributed by atoms with Crippen LogP contribution in [0.15, 0.2) is 24.3 Å². The Hall–Kier alpha value is -0.970. The minimum Gasteiger partial charge on any atom is -0.324 e. The summed E-state index contributed by atoms with van der Waals surface area (Å²) in [6.07, 6.45) is 4.72. The van der Waals surface area contributed by atoms with Gasteiger partial charge in [0.2, 0.25) is 0 Å². The fraction of sp³-hybridized carbons (Fsp3) is 0.562. The van der Waals surface area contributed by atoms with E-state index in [4.69, 9.17) is 11.6 Å². The predicted molar refractivity (Wildman–Crippen MR) is 93.1 cm³/mol. The van der Waals surface area contributed by atoms with E-state index in [2.05, 4.69) is 10.6 Å². The second-order valence-electron chi connectivity index (χ2n) is 6.15. The molecule has 122 valence electrons. The highest BCUT2D eigenvalue weighted by molar-refractivity contribution is 6.33. The number of hydrogen-bond donors (Lipinski definition) is 2. The molecule has 0 aromatic heterocycles. The summed E-state index contributed by atoms with van der Waals surface area (Å²) < 4.78 is 0. The van der Waals surface area contributed by atoms with Crippen molar-refractivity contribution in [1.29, 1.82) is 0 Å². The van der Waals surface area contributed by atoms with E-state index in [-0.39, 0.29) is 18.4 Å². The molecular weight excluding hydrogens is 321 g/mol. The van der Waals surface area contributed by atoms with Crippen LogP contribution in [0, 0.1) is 5.41 Å². The van der Waals surface area contributed by atoms with Crippen molar-refractivity contribution in [3.63, 3.8) is 0 Å². The van der Waals surface area contributed by atoms with Crippen molar-refractivity contribution in [1.82, 2.24) is 10.2 Å². The molecule has 2 amide bonds. The number of urea groups is 1. The Labute approximate surface area is 143 Å². The van der Waals surface area contributed by atoms with Gasteiger partial charge in [-0.2, -0.15) is 0 Å². The third kappa shape index (κ3) is 3.86. The molecule has 6 heteroatoms. The van der Waals surface area contributed by atoms with Crippen LogP contribution in [0.4, 0.5) is 10.5 Å². The minimum atomic E-state index is -0.0353. The summed E-state index contributed by atoms with van der Waals surface area (Å²) in [6.45, 7) is 3.92. The van der Waals surface area contributed by atoms with Crippen molar-refractivity contribution in [2.45, 2.75) is 25.7 Å². The number of nitrogens with one attached hydrogen (secondary N) is 2. The molecular formula is C16H23Cl2N3O. The molecule has 4 nitrogen and oxygen atoms in total. The van der Waals surface area contributed by atoms with Crippen LogP contribution in [-0.4, -0.2) is 37.1 Å². The zero-order valence-corrected chi connectivity index (χ0v) is 14.2. The van der Waals surface area contributed by atoms with Gasteiger partial charge in [-0.25, -0.2) is 4.79 Å². The molecule has 0 unspecified atom stereocenters. The van der Waals surface area contributed by atoms with Gasteiger partial charge in [-0.15, -0.1) is 12.4 Å². The fourth-order valence-corrected chi connectivity index (χ4v) is 3.58. The number of rotatable bonds is 1. The second kappa shape index (κ2) is 7.53. The number of piperidine rings is 2. The summed E-state index contributed by atoms with van der Waals surface area (Å²) in [7, 11) is 0. The summed E-state index contributed by atoms with van der Waals surface area (Å²) in [5.41, 5.74) is 1.15. The monoisotopic (exact) mass is 343 g/mol. The smallest absolute Gasteiger partial charge is 0.321 e. The first kappa shape index (κ1) is 17.4. The third-order valence-corrected chi connectivity index (χ3v) is 5.22. The zero-order chi connectivity index (χ0) is 14.7. The molecule has 22 heavy (non-hydrogen) atoms. The van der Waals surface area contributed by atoms with Crippen molar-refractivity contribution in [3.05, 3.63) is 29.3 Å². The highest BCUT2D eigenvalue weighted by Gasteiger charge is 2.36. The molecule has 2 aliphatic rings. The molecule has 2 N–H and O–H groups in total. The molecule has 2 heterocycles. The van der Waals surface area contributed by atoms with Gasteiger partial charge in [0, 0.05) is 13.1 Å². The molecule has 0 bridgehead atoms. The Morgan fingerprint density at radius 2 is 1.77 bits per heavy atom. The van der Waals surface area contributed by atoms with Gasteiger partial charge in [-0.1, -0.05) is 23.7 Å². The number of hydrogen-bond acceptors (Lipinski definition) is 2. The van der Waals surface area contributed by atoms with Crippen LogP contribution in [0.5, 0.6) is 0 Å². The maximum atomic E-state index is 12.3. The van der Waals surface area contributed by atoms with E-state index in [9.17, 15) is 4.79 Å². The van der Waals surface area contributed by atoms with Crippen LogP contribution in [0.2, 0.25) is 5.02 Å². The number of halogens is 2. The van der Waals surface area contributed by atoms with Crippen molar-refractivity contribution >= 4 is 35.7 Å². The van der Waals surface area contributed by atoms with Crippen LogP contribution >= 0.6 is 24.0 Å². The second-order valence-corrected chi connectivity index (χ2v) is 6.55. The van der Waals surface area contributed by atoms with Crippen molar-refractivity contribution in [2.75, 3.05) is 31.5 Å². The van der Waals surface area contributed by atoms with Gasteiger partial charge in [0.1, 0.15) is 0 Å². The van der Waals surface area contributed by atoms with Gasteiger partial charge >= 0.3 is 6.03 Å². The first-order chi connectivity index (χ1) is 10.2. The zero-order valence-electron chi connectivity index (χ0n) is 12.6. The van der Waals surface area contributed by atoms with Gasteiger partial charge in [-0.3, -0.25) is 0 Å². The molecule has 0 atom stereocenters. The number of carbonyl (C=O) groups excluding carboxylic acids is 1. The topological polar surface area (TPSA) is 44.4 Å². The average Bonchev–Trinajstić information content (AvgIpc) is 2.51. The van der Waals surface area contributed by atoms with Crippen LogP contribution in [-0.2, 0) is 0 Å². The van der Waals surface area contributed by atoms with Gasteiger partial charge in [0.05, 0.1) is 10.7 Å². The van der Waals surface area contributed by atoms with E-state index in [1.807, 2.05) is 23.1 Å². The van der Waals surface area contributed by atoms with Crippen LogP contribution in [0.1, 0.15) is 25.7 Å². The van der Waals surface area contributed by atoms with E-state index < -0.39 is 0 Å². The summed E-state index contributed by atoms with van der Waals surface area (Å²) in [5, 5.41) is 6.92. The Kier molecular flexibility index (Phi) is 5.95. The van der Waals surface area contributed by atoms with Gasteiger partial charge in [0.15, 0.2) is 0 Å². The lowest BCUT2D eigenvalue weighted by Gasteiger charge is -2.44. The van der Waals surface area contributed by atoms with Crippen molar-refractivity contribution < 1.29 is 4.79 Å². The normalized spacial score (nSPS) is 20.3. The minimum absolute atomic E-state index is 0. The number of nitrogens with zero attached hydrogens (tertiary/aromatic N) is 1. The first-order valence-corrected chi connectivity index (χ1v) is 8.08. The summed E-state index contributed by atoms with van der Waals surface area (Å²) >= 11 is 6.08. The standard InChI is InChI=1S/C16H22ClN3O.ClH/c17-13-3-1-2-4-14(13)19-15(21)20-11-7-16(8-12-20)5-9-18-10-6-16;/h1-4,18H,5-12H2,(H,19,21);1H. The third-order valence-electron chi connectivity index (χ3n) is 4.89.